The van der Waals surface area contributed by atoms with E-state index in [4.69, 9.17) is 39.7 Å². The van der Waals surface area contributed by atoms with Gasteiger partial charge >= 0.3 is 189 Å². The molecule has 0 saturated heterocycles. The summed E-state index contributed by atoms with van der Waals surface area (Å²) in [7, 11) is -4.64. The van der Waals surface area contributed by atoms with E-state index in [0.29, 0.717) is 0 Å². The molecule has 0 radical (unpaired) electrons. The third-order valence-corrected chi connectivity index (χ3v) is 1.29. The third-order valence-electron chi connectivity index (χ3n) is 1.29. The van der Waals surface area contributed by atoms with Gasteiger partial charge in [-0.3, -0.25) is 9.59 Å². The van der Waals surface area contributed by atoms with E-state index in [2.05, 4.69) is 0 Å². The van der Waals surface area contributed by atoms with Gasteiger partial charge in [0.1, 0.15) is 0 Å². The smallest absolute Gasteiger partial charge is 1.00 e. The Balaban J connectivity index is -0.00000000792. The van der Waals surface area contributed by atoms with E-state index < -0.39 is 44.2 Å². The Kier molecular flexibility index (Phi) is 92.0. The molecule has 11 nitrogen and oxygen atoms in total. The molecule has 0 saturated carbocycles. The fourth-order valence-electron chi connectivity index (χ4n) is 0.714. The summed E-state index contributed by atoms with van der Waals surface area (Å²) in [5, 5.41) is 33.8. The van der Waals surface area contributed by atoms with Gasteiger partial charge in [-0.15, -0.1) is 49.6 Å². The van der Waals surface area contributed by atoms with Crippen LogP contribution in [0.3, 0.4) is 0 Å². The van der Waals surface area contributed by atoms with Gasteiger partial charge in [-0.05, 0) is 0 Å². The quantitative estimate of drug-likeness (QED) is 0.121. The van der Waals surface area contributed by atoms with Crippen molar-refractivity contribution in [1.82, 2.24) is 0 Å². The molecule has 0 amide bonds. The molecule has 0 rings (SSSR count). The van der Waals surface area contributed by atoms with Gasteiger partial charge in [-0.25, -0.2) is 9.36 Å². The molecule has 21 heteroatoms. The summed E-state index contributed by atoms with van der Waals surface area (Å²) in [4.78, 5) is 52.0. The van der Waals surface area contributed by atoms with Crippen molar-refractivity contribution in [2.75, 3.05) is 0 Å². The topological polar surface area (TPSA) is 210 Å². The van der Waals surface area contributed by atoms with Gasteiger partial charge < -0.3 is 43.7 Å². The average molecular weight is 574 g/mol. The number of hydrogen-bond acceptors (Lipinski definition) is 5. The molecular weight excluding hydrogens is 553 g/mol. The van der Waals surface area contributed by atoms with E-state index in [1.54, 1.807) is 0 Å². The number of phosphoric acid groups is 1. The van der Waals surface area contributed by atoms with E-state index in [9.17, 15) is 14.4 Å². The van der Waals surface area contributed by atoms with Crippen LogP contribution in [0.1, 0.15) is 21.4 Å². The first-order valence-electron chi connectivity index (χ1n) is 3.95. The summed E-state index contributed by atoms with van der Waals surface area (Å²) in [5.41, 5.74) is -2.74. The van der Waals surface area contributed by atoms with Crippen molar-refractivity contribution in [3.8, 4) is 0 Å². The van der Waals surface area contributed by atoms with Crippen LogP contribution in [0.15, 0.2) is 0 Å². The molecule has 0 fully saturated rings. The van der Waals surface area contributed by atoms with Crippen molar-refractivity contribution in [1.29, 1.82) is 0 Å². The summed E-state index contributed by atoms with van der Waals surface area (Å²) < 4.78 is 8.88. The first-order chi connectivity index (χ1) is 7.78. The number of rotatable bonds is 5. The molecule has 0 aromatic rings. The van der Waals surface area contributed by atoms with Gasteiger partial charge in [-0.1, -0.05) is 0 Å². The number of carbonyl (C=O) groups is 3. The van der Waals surface area contributed by atoms with Crippen LogP contribution in [0.5, 0.6) is 0 Å². The second kappa shape index (κ2) is 35.6. The third kappa shape index (κ3) is 59.1. The zero-order valence-electron chi connectivity index (χ0n) is 21.0. The van der Waals surface area contributed by atoms with Crippen molar-refractivity contribution >= 4 is 98.4 Å². The number of carboxylic acids is 3. The Bertz CT molecular complexity index is 407. The number of aliphatic carboxylic acids is 3. The Morgan fingerprint density at radius 3 is 1.00 bits per heavy atom. The van der Waals surface area contributed by atoms with E-state index in [0.717, 1.165) is 0 Å². The van der Waals surface area contributed by atoms with Crippen LogP contribution in [0.2, 0.25) is 0 Å². The normalized spacial score (nSPS) is 7.41. The maximum Gasteiger partial charge on any atom is 2.00 e. The Labute approximate surface area is 313 Å². The molecule has 0 aliphatic rings. The van der Waals surface area contributed by atoms with Crippen LogP contribution < -0.4 is 140 Å². The van der Waals surface area contributed by atoms with Gasteiger partial charge in [0, 0.05) is 0 Å². The van der Waals surface area contributed by atoms with Gasteiger partial charge in [0.25, 0.3) is 0 Å². The Morgan fingerprint density at radius 2 is 0.926 bits per heavy atom. The van der Waals surface area contributed by atoms with Gasteiger partial charge in [0.05, 0.1) is 12.8 Å². The van der Waals surface area contributed by atoms with Crippen molar-refractivity contribution in [2.45, 2.75) is 18.4 Å². The number of hydrogen-bond donors (Lipinski definition) is 7. The zero-order valence-corrected chi connectivity index (χ0v) is 29.7. The van der Waals surface area contributed by atoms with E-state index in [1.165, 1.54) is 0 Å². The van der Waals surface area contributed by atoms with E-state index in [1.807, 2.05) is 0 Å². The van der Waals surface area contributed by atoms with Crippen LogP contribution in [-0.2, 0) is 18.9 Å². The van der Waals surface area contributed by atoms with Gasteiger partial charge in [0.2, 0.25) is 0 Å². The van der Waals surface area contributed by atoms with E-state index >= 15 is 0 Å². The molecule has 0 bridgehead atoms. The minimum absolute atomic E-state index is 0. The molecule has 0 aromatic carbocycles. The molecule has 0 unspecified atom stereocenters. The Hall–Kier alpha value is 5.04. The van der Waals surface area contributed by atoms with Crippen LogP contribution >= 0.6 is 57.5 Å². The summed E-state index contributed by atoms with van der Waals surface area (Å²) in [6.07, 6.45) is -2.29. The van der Waals surface area contributed by atoms with Crippen LogP contribution in [0.25, 0.3) is 0 Å². The molecule has 0 aromatic heterocycles. The molecule has 0 aliphatic heterocycles. The maximum absolute atomic E-state index is 10.3. The monoisotopic (exact) mass is 572 g/mol. The van der Waals surface area contributed by atoms with Gasteiger partial charge in [-0.2, -0.15) is 0 Å². The molecule has 0 aliphatic carbocycles. The van der Waals surface area contributed by atoms with Crippen LogP contribution in [-0.4, -0.2) is 81.7 Å². The average Bonchev–Trinajstić information content (AvgIpc) is 1.95. The SMILES string of the molecule is Cl.Cl.Cl.Cl.O=C(O)CC(O)(CC(=O)O)C(=O)O.O=P(O)(O)O.[H-].[H-].[H-].[H-].[H-].[H-].[K+].[Mg+2].[Na+].[Na+].[Na+]. The van der Waals surface area contributed by atoms with Crippen molar-refractivity contribution in [3.05, 3.63) is 0 Å². The van der Waals surface area contributed by atoms with Crippen LogP contribution in [0.4, 0.5) is 0 Å². The molecule has 7 N–H and O–H groups in total. The number of halogens is 4. The van der Waals surface area contributed by atoms with Crippen molar-refractivity contribution < 1.29 is 203 Å². The minimum Gasteiger partial charge on any atom is -1.00 e. The van der Waals surface area contributed by atoms with Crippen LogP contribution in [0, 0.1) is 0 Å². The molecular formula is C6H21Cl4KMgNa3O11P. The maximum atomic E-state index is 10.3. The second-order valence-electron chi connectivity index (χ2n) is 2.99. The molecule has 27 heavy (non-hydrogen) atoms. The summed E-state index contributed by atoms with van der Waals surface area (Å²) in [5.74, 6) is -5.02. The summed E-state index contributed by atoms with van der Waals surface area (Å²) in [6.45, 7) is 0. The minimum atomic E-state index is -4.64. The number of aliphatic hydroxyl groups is 1. The molecule has 0 atom stereocenters. The summed E-state index contributed by atoms with van der Waals surface area (Å²) >= 11 is 0. The fraction of sp³-hybridized carbons (Fsp3) is 0.500. The fourth-order valence-corrected chi connectivity index (χ4v) is 0.714. The van der Waals surface area contributed by atoms with Crippen molar-refractivity contribution in [3.63, 3.8) is 0 Å². The predicted molar refractivity (Wildman–Crippen MR) is 92.8 cm³/mol. The predicted octanol–water partition coefficient (Wildman–Crippen LogP) is -12.2. The first-order valence-corrected chi connectivity index (χ1v) is 5.52. The molecule has 0 heterocycles. The van der Waals surface area contributed by atoms with Crippen molar-refractivity contribution in [2.24, 2.45) is 0 Å². The zero-order chi connectivity index (χ0) is 15.1. The largest absolute Gasteiger partial charge is 2.00 e. The van der Waals surface area contributed by atoms with Gasteiger partial charge in [0.15, 0.2) is 5.60 Å². The Morgan fingerprint density at radius 1 is 0.778 bits per heavy atom. The standard InChI is InChI=1S/C6H8O7.4ClH.K.Mg.3Na.H3O4P.6H/c7-3(8)1-6(13,5(11)12)2-4(9)10;;;;;;;;;;1-5(2,3)4;;;;;;/h13H,1-2H2,(H,7,8)(H,9,10)(H,11,12);4*1H;;;;;;(H3,1,2,3,4);;;;;;/q;;;;;+1;+2;3*+1;;6*-1. The first kappa shape index (κ1) is 69.7. The summed E-state index contributed by atoms with van der Waals surface area (Å²) in [6, 6.07) is 0. The van der Waals surface area contributed by atoms with E-state index in [-0.39, 0.29) is 221 Å². The number of carboxylic acid groups (broad SMARTS) is 3. The molecule has 150 valence electrons. The molecule has 0 spiro atoms. The second-order valence-corrected chi connectivity index (χ2v) is 4.02.